The molecule has 3 rings (SSSR count). The number of halogens is 1. The Kier molecular flexibility index (Phi) is 7.46. The summed E-state index contributed by atoms with van der Waals surface area (Å²) < 4.78 is 0. The maximum absolute atomic E-state index is 12.6. The van der Waals surface area contributed by atoms with E-state index in [1.807, 2.05) is 30.0 Å². The number of benzene rings is 2. The van der Waals surface area contributed by atoms with E-state index in [0.29, 0.717) is 55.4 Å². The fraction of sp³-hybridized carbons (Fsp3) is 0.364. The third-order valence-electron chi connectivity index (χ3n) is 5.47. The number of nitrogens with zero attached hydrogens (tertiary/aromatic N) is 3. The van der Waals surface area contributed by atoms with Crippen molar-refractivity contribution in [2.75, 3.05) is 37.6 Å². The van der Waals surface area contributed by atoms with Crippen LogP contribution in [0.1, 0.15) is 27.9 Å². The van der Waals surface area contributed by atoms with E-state index in [4.69, 9.17) is 17.3 Å². The Balaban J connectivity index is 1.64. The summed E-state index contributed by atoms with van der Waals surface area (Å²) in [6.07, 6.45) is 1.41. The molecule has 0 saturated carbocycles. The molecule has 0 bridgehead atoms. The van der Waals surface area contributed by atoms with Crippen molar-refractivity contribution in [3.05, 3.63) is 63.0 Å². The summed E-state index contributed by atoms with van der Waals surface area (Å²) in [5, 5.41) is 6.70. The van der Waals surface area contributed by atoms with Gasteiger partial charge in [0.25, 0.3) is 5.91 Å². The zero-order valence-electron chi connectivity index (χ0n) is 17.4. The van der Waals surface area contributed by atoms with Crippen LogP contribution in [0.4, 0.5) is 16.2 Å². The molecule has 0 atom stereocenters. The fourth-order valence-electron chi connectivity index (χ4n) is 3.74. The highest BCUT2D eigenvalue weighted by Gasteiger charge is 2.20. The second-order valence-corrected chi connectivity index (χ2v) is 7.97. The number of amides is 3. The number of carbonyl (C=O) groups excluding carboxylic acids is 2. The molecule has 0 unspecified atom stereocenters. The second-order valence-electron chi connectivity index (χ2n) is 7.54. The molecule has 1 aliphatic heterocycles. The average molecular weight is 444 g/mol. The molecule has 3 amide bonds. The van der Waals surface area contributed by atoms with Crippen molar-refractivity contribution in [2.24, 2.45) is 10.9 Å². The van der Waals surface area contributed by atoms with Gasteiger partial charge in [-0.3, -0.25) is 4.79 Å². The molecule has 1 fully saturated rings. The lowest BCUT2D eigenvalue weighted by Gasteiger charge is -2.24. The van der Waals surface area contributed by atoms with Crippen LogP contribution >= 0.6 is 11.6 Å². The van der Waals surface area contributed by atoms with Gasteiger partial charge in [-0.15, -0.1) is 4.91 Å². The van der Waals surface area contributed by atoms with Gasteiger partial charge < -0.3 is 20.9 Å². The van der Waals surface area contributed by atoms with Crippen molar-refractivity contribution in [3.8, 4) is 0 Å². The van der Waals surface area contributed by atoms with E-state index in [1.54, 1.807) is 17.0 Å². The number of nitroso groups, excluding NO2 is 1. The van der Waals surface area contributed by atoms with Crippen LogP contribution < -0.4 is 16.0 Å². The number of nitrogens with two attached hydrogens (primary N) is 1. The van der Waals surface area contributed by atoms with Gasteiger partial charge in [-0.05, 0) is 66.4 Å². The van der Waals surface area contributed by atoms with E-state index in [0.717, 1.165) is 17.5 Å². The third kappa shape index (κ3) is 5.73. The summed E-state index contributed by atoms with van der Waals surface area (Å²) in [5.41, 5.74) is 8.78. The normalized spacial score (nSPS) is 14.1. The lowest BCUT2D eigenvalue weighted by atomic mass is 10.1. The Bertz CT molecular complexity index is 982. The Morgan fingerprint density at radius 1 is 1.13 bits per heavy atom. The van der Waals surface area contributed by atoms with Crippen LogP contribution in [0.5, 0.6) is 0 Å². The van der Waals surface area contributed by atoms with Gasteiger partial charge in [-0.2, -0.15) is 0 Å². The molecule has 2 aromatic carbocycles. The topological polar surface area (TPSA) is 108 Å². The monoisotopic (exact) mass is 443 g/mol. The van der Waals surface area contributed by atoms with Gasteiger partial charge in [0.15, 0.2) is 0 Å². The molecule has 3 N–H and O–H groups in total. The Hall–Kier alpha value is -3.13. The zero-order valence-corrected chi connectivity index (χ0v) is 18.2. The van der Waals surface area contributed by atoms with Crippen molar-refractivity contribution < 1.29 is 9.59 Å². The minimum absolute atomic E-state index is 0.203. The number of hydrogen-bond donors (Lipinski definition) is 2. The summed E-state index contributed by atoms with van der Waals surface area (Å²) in [4.78, 5) is 39.0. The number of nitrogens with one attached hydrogen (secondary N) is 1. The number of carbonyl (C=O) groups is 2. The second kappa shape index (κ2) is 10.3. The molecule has 1 aliphatic rings. The van der Waals surface area contributed by atoms with E-state index in [2.05, 4.69) is 10.5 Å². The predicted octanol–water partition coefficient (Wildman–Crippen LogP) is 3.61. The summed E-state index contributed by atoms with van der Waals surface area (Å²) in [6, 6.07) is 10.1. The minimum Gasteiger partial charge on any atom is -0.368 e. The molecule has 0 aliphatic carbocycles. The highest BCUT2D eigenvalue weighted by atomic mass is 35.5. The molecule has 2 aromatic rings. The molecule has 1 heterocycles. The van der Waals surface area contributed by atoms with Gasteiger partial charge in [0.05, 0.1) is 5.69 Å². The van der Waals surface area contributed by atoms with Crippen LogP contribution in [0.15, 0.2) is 41.6 Å². The largest absolute Gasteiger partial charge is 0.368 e. The summed E-state index contributed by atoms with van der Waals surface area (Å²) in [7, 11) is 0. The quantitative estimate of drug-likeness (QED) is 0.664. The molecule has 0 aromatic heterocycles. The maximum atomic E-state index is 12.6. The smallest absolute Gasteiger partial charge is 0.314 e. The lowest BCUT2D eigenvalue weighted by Crippen LogP contribution is -2.38. The van der Waals surface area contributed by atoms with Crippen LogP contribution in [0, 0.1) is 11.8 Å². The van der Waals surface area contributed by atoms with Crippen LogP contribution in [-0.4, -0.2) is 49.6 Å². The maximum Gasteiger partial charge on any atom is 0.314 e. The number of anilines is 1. The van der Waals surface area contributed by atoms with E-state index >= 15 is 0 Å². The van der Waals surface area contributed by atoms with Crippen LogP contribution in [0.2, 0.25) is 5.02 Å². The first-order valence-electron chi connectivity index (χ1n) is 10.2. The Morgan fingerprint density at radius 3 is 2.65 bits per heavy atom. The highest BCUT2D eigenvalue weighted by molar-refractivity contribution is 6.30. The van der Waals surface area contributed by atoms with Crippen molar-refractivity contribution in [2.45, 2.75) is 19.8 Å². The first kappa shape index (κ1) is 22.6. The van der Waals surface area contributed by atoms with E-state index < -0.39 is 6.03 Å². The van der Waals surface area contributed by atoms with Crippen molar-refractivity contribution in [1.29, 1.82) is 0 Å². The molecule has 0 spiro atoms. The average Bonchev–Trinajstić information content (AvgIpc) is 3.01. The summed E-state index contributed by atoms with van der Waals surface area (Å²) in [6.45, 7) is 4.69. The highest BCUT2D eigenvalue weighted by Crippen LogP contribution is 2.30. The lowest BCUT2D eigenvalue weighted by molar-refractivity contribution is 0.0954. The molecular weight excluding hydrogens is 418 g/mol. The van der Waals surface area contributed by atoms with Crippen molar-refractivity contribution >= 4 is 34.9 Å². The molecule has 0 radical (unpaired) electrons. The number of aryl methyl sites for hydroxylation is 1. The third-order valence-corrected chi connectivity index (χ3v) is 5.70. The number of urea groups is 1. The SMILES string of the molecule is Cc1cc(Cl)ccc1CCNC(=O)c1ccc(N2CCCN(C(N)=O)CC2)c(N=O)c1. The summed E-state index contributed by atoms with van der Waals surface area (Å²) >= 11 is 5.98. The Labute approximate surface area is 186 Å². The first-order chi connectivity index (χ1) is 14.9. The summed E-state index contributed by atoms with van der Waals surface area (Å²) in [5.74, 6) is -0.265. The zero-order chi connectivity index (χ0) is 22.4. The molecule has 1 saturated heterocycles. The van der Waals surface area contributed by atoms with E-state index in [9.17, 15) is 14.5 Å². The molecule has 31 heavy (non-hydrogen) atoms. The molecule has 8 nitrogen and oxygen atoms in total. The number of hydrogen-bond acceptors (Lipinski definition) is 5. The molecule has 9 heteroatoms. The first-order valence-corrected chi connectivity index (χ1v) is 10.6. The van der Waals surface area contributed by atoms with Gasteiger partial charge in [0.2, 0.25) is 0 Å². The molecule has 164 valence electrons. The number of rotatable bonds is 6. The standard InChI is InChI=1S/C22H26ClN5O3/c1-15-13-18(23)5-3-16(15)7-8-25-21(29)17-4-6-20(19(14-17)26-31)27-9-2-10-28(12-11-27)22(24)30/h3-6,13-14H,2,7-12H2,1H3,(H2,24,30)(H,25,29). The van der Waals surface area contributed by atoms with Crippen LogP contribution in [0.3, 0.4) is 0 Å². The van der Waals surface area contributed by atoms with Gasteiger partial charge >= 0.3 is 6.03 Å². The van der Waals surface area contributed by atoms with Crippen molar-refractivity contribution in [3.63, 3.8) is 0 Å². The van der Waals surface area contributed by atoms with Gasteiger partial charge in [-0.1, -0.05) is 17.7 Å². The number of primary amides is 1. The van der Waals surface area contributed by atoms with Crippen LogP contribution in [-0.2, 0) is 6.42 Å². The van der Waals surface area contributed by atoms with E-state index in [1.165, 1.54) is 6.07 Å². The van der Waals surface area contributed by atoms with Gasteiger partial charge in [-0.25, -0.2) is 4.79 Å². The Morgan fingerprint density at radius 2 is 1.94 bits per heavy atom. The van der Waals surface area contributed by atoms with Gasteiger partial charge in [0.1, 0.15) is 5.69 Å². The predicted molar refractivity (Wildman–Crippen MR) is 122 cm³/mol. The molecular formula is C22H26ClN5O3. The fourth-order valence-corrected chi connectivity index (χ4v) is 3.96. The van der Waals surface area contributed by atoms with Crippen molar-refractivity contribution in [1.82, 2.24) is 10.2 Å². The minimum atomic E-state index is -0.448. The van der Waals surface area contributed by atoms with Crippen LogP contribution in [0.25, 0.3) is 0 Å². The van der Waals surface area contributed by atoms with Gasteiger partial charge in [0, 0.05) is 43.3 Å². The van der Waals surface area contributed by atoms with E-state index in [-0.39, 0.29) is 11.6 Å².